The highest BCUT2D eigenvalue weighted by Gasteiger charge is 2.12. The molecule has 3 aromatic rings. The third kappa shape index (κ3) is 2.89. The number of pyridine rings is 2. The van der Waals surface area contributed by atoms with Crippen LogP contribution in [0, 0.1) is 0 Å². The maximum absolute atomic E-state index is 12.3. The van der Waals surface area contributed by atoms with Gasteiger partial charge in [-0.05, 0) is 30.7 Å². The van der Waals surface area contributed by atoms with Crippen molar-refractivity contribution < 1.29 is 4.79 Å². The summed E-state index contributed by atoms with van der Waals surface area (Å²) in [5, 5.41) is 3.88. The van der Waals surface area contributed by atoms with E-state index in [4.69, 9.17) is 0 Å². The normalized spacial score (nSPS) is 12.0. The van der Waals surface area contributed by atoms with Crippen LogP contribution in [0.5, 0.6) is 0 Å². The van der Waals surface area contributed by atoms with Gasteiger partial charge in [0.2, 0.25) is 0 Å². The van der Waals surface area contributed by atoms with Crippen LogP contribution in [-0.2, 0) is 0 Å². The van der Waals surface area contributed by atoms with Gasteiger partial charge in [-0.25, -0.2) is 4.98 Å². The number of benzene rings is 1. The van der Waals surface area contributed by atoms with Crippen LogP contribution in [0.2, 0.25) is 0 Å². The molecule has 1 amide bonds. The minimum absolute atomic E-state index is 0.0614. The van der Waals surface area contributed by atoms with Crippen LogP contribution in [0.25, 0.3) is 10.9 Å². The number of nitrogens with zero attached hydrogens (tertiary/aromatic N) is 2. The van der Waals surface area contributed by atoms with E-state index in [1.807, 2.05) is 43.3 Å². The van der Waals surface area contributed by atoms with Gasteiger partial charge in [-0.1, -0.05) is 30.3 Å². The summed E-state index contributed by atoms with van der Waals surface area (Å²) in [6.45, 7) is 1.96. The molecule has 0 fully saturated rings. The Kier molecular flexibility index (Phi) is 3.60. The molecule has 0 radical (unpaired) electrons. The zero-order chi connectivity index (χ0) is 14.7. The zero-order valence-corrected chi connectivity index (χ0v) is 11.7. The third-order valence-electron chi connectivity index (χ3n) is 3.37. The lowest BCUT2D eigenvalue weighted by Crippen LogP contribution is -2.27. The van der Waals surface area contributed by atoms with Crippen LogP contribution < -0.4 is 5.32 Å². The number of hydrogen-bond donors (Lipinski definition) is 1. The fourth-order valence-corrected chi connectivity index (χ4v) is 2.19. The summed E-state index contributed by atoms with van der Waals surface area (Å²) in [5.41, 5.74) is 2.25. The predicted molar refractivity (Wildman–Crippen MR) is 81.9 cm³/mol. The highest BCUT2D eigenvalue weighted by atomic mass is 16.1. The number of amides is 1. The van der Waals surface area contributed by atoms with E-state index in [0.29, 0.717) is 5.69 Å². The minimum Gasteiger partial charge on any atom is -0.344 e. The molecule has 1 atom stereocenters. The molecule has 2 heterocycles. The van der Waals surface area contributed by atoms with Gasteiger partial charge in [0.15, 0.2) is 0 Å². The quantitative estimate of drug-likeness (QED) is 0.800. The predicted octanol–water partition coefficient (Wildman–Crippen LogP) is 3.12. The van der Waals surface area contributed by atoms with Crippen molar-refractivity contribution in [1.29, 1.82) is 0 Å². The van der Waals surface area contributed by atoms with Crippen molar-refractivity contribution in [3.05, 3.63) is 72.2 Å². The summed E-state index contributed by atoms with van der Waals surface area (Å²) in [7, 11) is 0. The molecular formula is C17H15N3O. The Bertz CT molecular complexity index is 771. The molecule has 0 aliphatic heterocycles. The van der Waals surface area contributed by atoms with Crippen molar-refractivity contribution >= 4 is 16.8 Å². The molecule has 3 rings (SSSR count). The first kappa shape index (κ1) is 13.2. The molecule has 1 aromatic carbocycles. The van der Waals surface area contributed by atoms with Gasteiger partial charge < -0.3 is 5.32 Å². The number of rotatable bonds is 3. The van der Waals surface area contributed by atoms with Gasteiger partial charge in [-0.3, -0.25) is 9.78 Å². The average Bonchev–Trinajstić information content (AvgIpc) is 2.55. The summed E-state index contributed by atoms with van der Waals surface area (Å²) in [5.74, 6) is -0.176. The molecule has 0 aliphatic rings. The highest BCUT2D eigenvalue weighted by Crippen LogP contribution is 2.14. The molecule has 0 bridgehead atoms. The minimum atomic E-state index is -0.176. The van der Waals surface area contributed by atoms with E-state index >= 15 is 0 Å². The molecular weight excluding hydrogens is 262 g/mol. The highest BCUT2D eigenvalue weighted by molar-refractivity contribution is 5.94. The van der Waals surface area contributed by atoms with Crippen molar-refractivity contribution in [2.75, 3.05) is 0 Å². The molecule has 0 aliphatic carbocycles. The number of fused-ring (bicyclic) bond motifs is 1. The molecule has 4 nitrogen and oxygen atoms in total. The number of hydrogen-bond acceptors (Lipinski definition) is 3. The van der Waals surface area contributed by atoms with Gasteiger partial charge in [-0.15, -0.1) is 0 Å². The van der Waals surface area contributed by atoms with Crippen molar-refractivity contribution in [3.8, 4) is 0 Å². The second kappa shape index (κ2) is 5.71. The average molecular weight is 277 g/mol. The summed E-state index contributed by atoms with van der Waals surface area (Å²) < 4.78 is 0. The number of carbonyl (C=O) groups is 1. The Hall–Kier alpha value is -2.75. The van der Waals surface area contributed by atoms with Crippen molar-refractivity contribution in [1.82, 2.24) is 15.3 Å². The van der Waals surface area contributed by atoms with Crippen LogP contribution in [-0.4, -0.2) is 15.9 Å². The fourth-order valence-electron chi connectivity index (χ4n) is 2.19. The molecule has 4 heteroatoms. The van der Waals surface area contributed by atoms with Crippen LogP contribution >= 0.6 is 0 Å². The lowest BCUT2D eigenvalue weighted by molar-refractivity contribution is 0.0935. The maximum atomic E-state index is 12.3. The van der Waals surface area contributed by atoms with Gasteiger partial charge in [0.25, 0.3) is 5.91 Å². The summed E-state index contributed by atoms with van der Waals surface area (Å²) in [6.07, 6.45) is 3.40. The number of nitrogens with one attached hydrogen (secondary N) is 1. The topological polar surface area (TPSA) is 54.9 Å². The molecule has 0 spiro atoms. The summed E-state index contributed by atoms with van der Waals surface area (Å²) in [4.78, 5) is 20.7. The first-order chi connectivity index (χ1) is 10.2. The van der Waals surface area contributed by atoms with Gasteiger partial charge in [0.05, 0.1) is 11.6 Å². The van der Waals surface area contributed by atoms with Crippen LogP contribution in [0.3, 0.4) is 0 Å². The molecule has 0 unspecified atom stereocenters. The zero-order valence-electron chi connectivity index (χ0n) is 11.7. The van der Waals surface area contributed by atoms with Gasteiger partial charge >= 0.3 is 0 Å². The largest absolute Gasteiger partial charge is 0.344 e. The van der Waals surface area contributed by atoms with Crippen LogP contribution in [0.15, 0.2) is 60.9 Å². The Morgan fingerprint density at radius 2 is 1.90 bits per heavy atom. The summed E-state index contributed by atoms with van der Waals surface area (Å²) >= 11 is 0. The standard InChI is InChI=1S/C17H15N3O/c1-12(13-5-3-2-4-6-13)19-17(21)16-8-7-14-11-18-10-9-15(14)20-16/h2-12H,1H3,(H,19,21)/t12-/m1/s1. The Morgan fingerprint density at radius 1 is 1.10 bits per heavy atom. The van der Waals surface area contributed by atoms with Crippen molar-refractivity contribution in [2.24, 2.45) is 0 Å². The lowest BCUT2D eigenvalue weighted by atomic mass is 10.1. The van der Waals surface area contributed by atoms with E-state index < -0.39 is 0 Å². The van der Waals surface area contributed by atoms with E-state index in [0.717, 1.165) is 16.5 Å². The van der Waals surface area contributed by atoms with Crippen molar-refractivity contribution in [2.45, 2.75) is 13.0 Å². The van der Waals surface area contributed by atoms with E-state index in [1.54, 1.807) is 24.5 Å². The molecule has 2 aromatic heterocycles. The van der Waals surface area contributed by atoms with Crippen LogP contribution in [0.1, 0.15) is 29.0 Å². The Balaban J connectivity index is 1.80. The van der Waals surface area contributed by atoms with E-state index in [1.165, 1.54) is 0 Å². The Labute approximate surface area is 122 Å². The molecule has 1 N–H and O–H groups in total. The van der Waals surface area contributed by atoms with E-state index in [9.17, 15) is 4.79 Å². The van der Waals surface area contributed by atoms with E-state index in [-0.39, 0.29) is 11.9 Å². The van der Waals surface area contributed by atoms with Gasteiger partial charge in [0, 0.05) is 17.8 Å². The monoisotopic (exact) mass is 277 g/mol. The molecule has 21 heavy (non-hydrogen) atoms. The first-order valence-corrected chi connectivity index (χ1v) is 6.80. The first-order valence-electron chi connectivity index (χ1n) is 6.80. The second-order valence-corrected chi connectivity index (χ2v) is 4.87. The van der Waals surface area contributed by atoms with E-state index in [2.05, 4.69) is 15.3 Å². The number of carbonyl (C=O) groups excluding carboxylic acids is 1. The smallest absolute Gasteiger partial charge is 0.270 e. The molecule has 104 valence electrons. The summed E-state index contributed by atoms with van der Waals surface area (Å²) in [6, 6.07) is 15.2. The van der Waals surface area contributed by atoms with Gasteiger partial charge in [-0.2, -0.15) is 0 Å². The van der Waals surface area contributed by atoms with Gasteiger partial charge in [0.1, 0.15) is 5.69 Å². The molecule has 0 saturated heterocycles. The third-order valence-corrected chi connectivity index (χ3v) is 3.37. The van der Waals surface area contributed by atoms with Crippen molar-refractivity contribution in [3.63, 3.8) is 0 Å². The van der Waals surface area contributed by atoms with Crippen LogP contribution in [0.4, 0.5) is 0 Å². The number of aromatic nitrogens is 2. The maximum Gasteiger partial charge on any atom is 0.270 e. The second-order valence-electron chi connectivity index (χ2n) is 4.87. The SMILES string of the molecule is C[C@@H](NC(=O)c1ccc2cnccc2n1)c1ccccc1. The Morgan fingerprint density at radius 3 is 2.71 bits per heavy atom. The molecule has 0 saturated carbocycles. The fraction of sp³-hybridized carbons (Fsp3) is 0.118. The lowest BCUT2D eigenvalue weighted by Gasteiger charge is -2.14.